The van der Waals surface area contributed by atoms with Crippen molar-refractivity contribution in [2.24, 2.45) is 7.05 Å². The van der Waals surface area contributed by atoms with Gasteiger partial charge in [-0.1, -0.05) is 48.0 Å². The van der Waals surface area contributed by atoms with Crippen LogP contribution in [0.25, 0.3) is 10.9 Å². The van der Waals surface area contributed by atoms with Crippen LogP contribution in [0, 0.1) is 6.92 Å². The van der Waals surface area contributed by atoms with Gasteiger partial charge in [0.15, 0.2) is 0 Å². The topological polar surface area (TPSA) is 60.3 Å². The molecule has 2 aromatic carbocycles. The molecular formula is C23H26N2O3. The molecule has 0 unspecified atom stereocenters. The fourth-order valence-corrected chi connectivity index (χ4v) is 3.23. The van der Waals surface area contributed by atoms with Crippen LogP contribution in [0.2, 0.25) is 0 Å². The summed E-state index contributed by atoms with van der Waals surface area (Å²) in [7, 11) is 1.96. The van der Waals surface area contributed by atoms with Crippen molar-refractivity contribution in [3.05, 3.63) is 71.4 Å². The van der Waals surface area contributed by atoms with Gasteiger partial charge < -0.3 is 14.6 Å². The number of benzene rings is 2. The smallest absolute Gasteiger partial charge is 0.310 e. The molecule has 0 saturated carbocycles. The SMILES string of the molecule is Cc1ccc(CCC(=O)NCCOC(=O)Cc2cn(C)c3ccccc23)cc1. The average molecular weight is 378 g/mol. The number of nitrogens with one attached hydrogen (secondary N) is 1. The number of ether oxygens (including phenoxy) is 1. The van der Waals surface area contributed by atoms with Crippen molar-refractivity contribution in [2.45, 2.75) is 26.2 Å². The molecule has 5 heteroatoms. The van der Waals surface area contributed by atoms with Crippen LogP contribution in [-0.4, -0.2) is 29.6 Å². The van der Waals surface area contributed by atoms with Gasteiger partial charge in [-0.05, 0) is 30.5 Å². The molecule has 146 valence electrons. The summed E-state index contributed by atoms with van der Waals surface area (Å²) in [6, 6.07) is 16.1. The van der Waals surface area contributed by atoms with Gasteiger partial charge in [0.2, 0.25) is 5.91 Å². The maximum atomic E-state index is 12.1. The number of esters is 1. The number of aromatic nitrogens is 1. The number of aryl methyl sites for hydroxylation is 3. The molecule has 0 aliphatic heterocycles. The van der Waals surface area contributed by atoms with Crippen LogP contribution in [0.4, 0.5) is 0 Å². The Hall–Kier alpha value is -3.08. The summed E-state index contributed by atoms with van der Waals surface area (Å²) < 4.78 is 7.27. The minimum absolute atomic E-state index is 0.0364. The van der Waals surface area contributed by atoms with E-state index in [1.807, 2.05) is 73.3 Å². The third-order valence-electron chi connectivity index (χ3n) is 4.76. The van der Waals surface area contributed by atoms with E-state index in [1.165, 1.54) is 5.56 Å². The van der Waals surface area contributed by atoms with E-state index in [9.17, 15) is 9.59 Å². The fraction of sp³-hybridized carbons (Fsp3) is 0.304. The third kappa shape index (κ3) is 5.22. The summed E-state index contributed by atoms with van der Waals surface area (Å²) in [5, 5.41) is 3.86. The molecule has 0 aliphatic rings. The van der Waals surface area contributed by atoms with E-state index >= 15 is 0 Å². The summed E-state index contributed by atoms with van der Waals surface area (Å²) in [6.07, 6.45) is 3.31. The van der Waals surface area contributed by atoms with Crippen molar-refractivity contribution in [1.29, 1.82) is 0 Å². The van der Waals surface area contributed by atoms with Crippen molar-refractivity contribution in [1.82, 2.24) is 9.88 Å². The lowest BCUT2D eigenvalue weighted by Crippen LogP contribution is -2.28. The van der Waals surface area contributed by atoms with E-state index in [0.717, 1.165) is 22.0 Å². The van der Waals surface area contributed by atoms with E-state index in [-0.39, 0.29) is 24.9 Å². The predicted molar refractivity (Wildman–Crippen MR) is 110 cm³/mol. The summed E-state index contributed by atoms with van der Waals surface area (Å²) >= 11 is 0. The van der Waals surface area contributed by atoms with Crippen LogP contribution in [0.3, 0.4) is 0 Å². The summed E-state index contributed by atoms with van der Waals surface area (Å²) in [6.45, 7) is 2.55. The van der Waals surface area contributed by atoms with Crippen LogP contribution < -0.4 is 5.32 Å². The largest absolute Gasteiger partial charge is 0.464 e. The number of para-hydroxylation sites is 1. The Labute approximate surface area is 165 Å². The minimum atomic E-state index is -0.287. The lowest BCUT2D eigenvalue weighted by atomic mass is 10.1. The van der Waals surface area contributed by atoms with Crippen molar-refractivity contribution >= 4 is 22.8 Å². The molecule has 0 radical (unpaired) electrons. The Morgan fingerprint density at radius 3 is 2.61 bits per heavy atom. The summed E-state index contributed by atoms with van der Waals surface area (Å²) in [4.78, 5) is 24.0. The summed E-state index contributed by atoms with van der Waals surface area (Å²) in [5.41, 5.74) is 4.39. The molecule has 1 heterocycles. The Balaban J connectivity index is 1.37. The van der Waals surface area contributed by atoms with E-state index in [0.29, 0.717) is 19.4 Å². The van der Waals surface area contributed by atoms with Gasteiger partial charge in [0.1, 0.15) is 6.61 Å². The number of carbonyl (C=O) groups excluding carboxylic acids is 2. The Morgan fingerprint density at radius 1 is 1.07 bits per heavy atom. The molecule has 1 N–H and O–H groups in total. The van der Waals surface area contributed by atoms with E-state index in [1.54, 1.807) is 0 Å². The van der Waals surface area contributed by atoms with Crippen LogP contribution in [0.5, 0.6) is 0 Å². The second-order valence-electron chi connectivity index (χ2n) is 7.02. The molecule has 0 spiro atoms. The molecular weight excluding hydrogens is 352 g/mol. The molecule has 1 aromatic heterocycles. The lowest BCUT2D eigenvalue weighted by molar-refractivity contribution is -0.143. The number of fused-ring (bicyclic) bond motifs is 1. The quantitative estimate of drug-likeness (QED) is 0.483. The van der Waals surface area contributed by atoms with Gasteiger partial charge in [0, 0.05) is 30.6 Å². The molecule has 0 saturated heterocycles. The van der Waals surface area contributed by atoms with Gasteiger partial charge in [-0.25, -0.2) is 0 Å². The zero-order valence-corrected chi connectivity index (χ0v) is 16.4. The maximum absolute atomic E-state index is 12.1. The minimum Gasteiger partial charge on any atom is -0.464 e. The highest BCUT2D eigenvalue weighted by atomic mass is 16.5. The second-order valence-corrected chi connectivity index (χ2v) is 7.02. The lowest BCUT2D eigenvalue weighted by Gasteiger charge is -2.07. The van der Waals surface area contributed by atoms with E-state index < -0.39 is 0 Å². The summed E-state index contributed by atoms with van der Waals surface area (Å²) in [5.74, 6) is -0.323. The fourth-order valence-electron chi connectivity index (χ4n) is 3.23. The highest BCUT2D eigenvalue weighted by molar-refractivity contribution is 5.87. The van der Waals surface area contributed by atoms with Crippen molar-refractivity contribution < 1.29 is 14.3 Å². The van der Waals surface area contributed by atoms with Crippen molar-refractivity contribution in [2.75, 3.05) is 13.2 Å². The monoisotopic (exact) mass is 378 g/mol. The normalized spacial score (nSPS) is 10.8. The second kappa shape index (κ2) is 9.22. The Bertz CT molecular complexity index is 958. The first-order valence-electron chi connectivity index (χ1n) is 9.54. The molecule has 0 bridgehead atoms. The first kappa shape index (κ1) is 19.7. The standard InChI is InChI=1S/C23H26N2O3/c1-17-7-9-18(10-8-17)11-12-22(26)24-13-14-28-23(27)15-19-16-25(2)21-6-4-3-5-20(19)21/h3-10,16H,11-15H2,1-2H3,(H,24,26). The molecule has 5 nitrogen and oxygen atoms in total. The van der Waals surface area contributed by atoms with Crippen LogP contribution in [0.15, 0.2) is 54.7 Å². The number of rotatable bonds is 8. The van der Waals surface area contributed by atoms with Gasteiger partial charge in [0.25, 0.3) is 0 Å². The maximum Gasteiger partial charge on any atom is 0.310 e. The van der Waals surface area contributed by atoms with Crippen LogP contribution >= 0.6 is 0 Å². The zero-order chi connectivity index (χ0) is 19.9. The average Bonchev–Trinajstić information content (AvgIpc) is 3.00. The number of amides is 1. The number of carbonyl (C=O) groups is 2. The third-order valence-corrected chi connectivity index (χ3v) is 4.76. The highest BCUT2D eigenvalue weighted by Gasteiger charge is 2.11. The molecule has 0 aliphatic carbocycles. The van der Waals surface area contributed by atoms with Gasteiger partial charge in [-0.2, -0.15) is 0 Å². The van der Waals surface area contributed by atoms with Crippen LogP contribution in [0.1, 0.15) is 23.1 Å². The first-order valence-corrected chi connectivity index (χ1v) is 9.54. The van der Waals surface area contributed by atoms with E-state index in [4.69, 9.17) is 4.74 Å². The first-order chi connectivity index (χ1) is 13.5. The predicted octanol–water partition coefficient (Wildman–Crippen LogP) is 3.32. The number of hydrogen-bond donors (Lipinski definition) is 1. The van der Waals surface area contributed by atoms with Crippen molar-refractivity contribution in [3.8, 4) is 0 Å². The zero-order valence-electron chi connectivity index (χ0n) is 16.4. The van der Waals surface area contributed by atoms with Crippen molar-refractivity contribution in [3.63, 3.8) is 0 Å². The molecule has 0 atom stereocenters. The molecule has 1 amide bonds. The number of hydrogen-bond acceptors (Lipinski definition) is 3. The molecule has 28 heavy (non-hydrogen) atoms. The van der Waals surface area contributed by atoms with Gasteiger partial charge in [0.05, 0.1) is 13.0 Å². The molecule has 3 aromatic rings. The van der Waals surface area contributed by atoms with Crippen LogP contribution in [-0.2, 0) is 34.2 Å². The van der Waals surface area contributed by atoms with Gasteiger partial charge >= 0.3 is 5.97 Å². The Morgan fingerprint density at radius 2 is 1.82 bits per heavy atom. The highest BCUT2D eigenvalue weighted by Crippen LogP contribution is 2.20. The Kier molecular flexibility index (Phi) is 6.48. The number of nitrogens with zero attached hydrogens (tertiary/aromatic N) is 1. The van der Waals surface area contributed by atoms with Gasteiger partial charge in [-0.3, -0.25) is 9.59 Å². The van der Waals surface area contributed by atoms with E-state index in [2.05, 4.69) is 5.32 Å². The molecule has 0 fully saturated rings. The van der Waals surface area contributed by atoms with Gasteiger partial charge in [-0.15, -0.1) is 0 Å². The molecule has 3 rings (SSSR count).